The highest BCUT2D eigenvalue weighted by molar-refractivity contribution is 5.47. The summed E-state index contributed by atoms with van der Waals surface area (Å²) in [5, 5.41) is 0. The predicted molar refractivity (Wildman–Crippen MR) is 128 cm³/mol. The Labute approximate surface area is 182 Å². The van der Waals surface area contributed by atoms with Crippen molar-refractivity contribution in [2.24, 2.45) is 5.92 Å². The Morgan fingerprint density at radius 2 is 1.17 bits per heavy atom. The monoisotopic (exact) mass is 398 g/mol. The molecule has 3 aromatic carbocycles. The van der Waals surface area contributed by atoms with E-state index in [0.717, 1.165) is 12.8 Å². The summed E-state index contributed by atoms with van der Waals surface area (Å²) in [6.45, 7) is 7.38. The first-order valence-corrected chi connectivity index (χ1v) is 11.1. The first-order chi connectivity index (χ1) is 14.6. The third-order valence-electron chi connectivity index (χ3n) is 5.68. The van der Waals surface area contributed by atoms with E-state index < -0.39 is 5.60 Å². The highest BCUT2D eigenvalue weighted by atomic mass is 16.5. The van der Waals surface area contributed by atoms with Crippen LogP contribution in [0.3, 0.4) is 0 Å². The number of hydrogen-bond donors (Lipinski definition) is 0. The van der Waals surface area contributed by atoms with Crippen molar-refractivity contribution in [3.05, 3.63) is 119 Å². The molecule has 0 heterocycles. The maximum Gasteiger partial charge on any atom is 0.143 e. The van der Waals surface area contributed by atoms with E-state index in [1.54, 1.807) is 0 Å². The molecule has 1 nitrogen and oxygen atoms in total. The van der Waals surface area contributed by atoms with Crippen molar-refractivity contribution in [3.8, 4) is 0 Å². The second kappa shape index (κ2) is 10.9. The van der Waals surface area contributed by atoms with Crippen LogP contribution in [0.1, 0.15) is 56.7 Å². The zero-order chi connectivity index (χ0) is 21.2. The third-order valence-corrected chi connectivity index (χ3v) is 5.68. The minimum Gasteiger partial charge on any atom is -0.361 e. The molecule has 30 heavy (non-hydrogen) atoms. The van der Waals surface area contributed by atoms with Crippen molar-refractivity contribution in [3.63, 3.8) is 0 Å². The van der Waals surface area contributed by atoms with Crippen molar-refractivity contribution in [1.29, 1.82) is 0 Å². The topological polar surface area (TPSA) is 9.23 Å². The standard InChI is InChI=1S/C29H34O/c1-24(2)14-13-15-25(3)22-23-30-29(26-16-7-4-8-17-26,27-18-9-5-10-19-27)28-20-11-6-12-21-28/h4-12,14,16-21,25H,13,15,22-23H2,1-3H3. The average molecular weight is 399 g/mol. The number of rotatable bonds is 10. The predicted octanol–water partition coefficient (Wildman–Crippen LogP) is 7.77. The molecule has 0 amide bonds. The number of hydrogen-bond acceptors (Lipinski definition) is 1. The Morgan fingerprint density at radius 1 is 0.733 bits per heavy atom. The van der Waals surface area contributed by atoms with Gasteiger partial charge in [0.25, 0.3) is 0 Å². The van der Waals surface area contributed by atoms with Gasteiger partial charge >= 0.3 is 0 Å². The molecule has 0 spiro atoms. The lowest BCUT2D eigenvalue weighted by Gasteiger charge is -2.36. The van der Waals surface area contributed by atoms with Crippen molar-refractivity contribution >= 4 is 0 Å². The molecule has 0 bridgehead atoms. The Bertz CT molecular complexity index is 796. The summed E-state index contributed by atoms with van der Waals surface area (Å²) in [5.74, 6) is 0.626. The second-order valence-corrected chi connectivity index (χ2v) is 8.38. The van der Waals surface area contributed by atoms with Crippen LogP contribution in [0.25, 0.3) is 0 Å². The molecular weight excluding hydrogens is 364 g/mol. The Balaban J connectivity index is 1.91. The van der Waals surface area contributed by atoms with E-state index in [9.17, 15) is 0 Å². The summed E-state index contributed by atoms with van der Waals surface area (Å²) < 4.78 is 6.87. The van der Waals surface area contributed by atoms with Crippen LogP contribution in [0.15, 0.2) is 103 Å². The summed E-state index contributed by atoms with van der Waals surface area (Å²) in [7, 11) is 0. The highest BCUT2D eigenvalue weighted by Gasteiger charge is 2.37. The molecule has 0 radical (unpaired) electrons. The summed E-state index contributed by atoms with van der Waals surface area (Å²) in [4.78, 5) is 0. The largest absolute Gasteiger partial charge is 0.361 e. The fourth-order valence-corrected chi connectivity index (χ4v) is 3.98. The maximum atomic E-state index is 6.87. The van der Waals surface area contributed by atoms with Gasteiger partial charge in [0.1, 0.15) is 5.60 Å². The van der Waals surface area contributed by atoms with E-state index in [4.69, 9.17) is 4.74 Å². The number of benzene rings is 3. The van der Waals surface area contributed by atoms with E-state index in [1.807, 2.05) is 0 Å². The molecule has 156 valence electrons. The van der Waals surface area contributed by atoms with Crippen LogP contribution in [0.4, 0.5) is 0 Å². The second-order valence-electron chi connectivity index (χ2n) is 8.38. The summed E-state index contributed by atoms with van der Waals surface area (Å²) in [5.41, 5.74) is 4.29. The first kappa shape index (κ1) is 22.1. The van der Waals surface area contributed by atoms with Gasteiger partial charge in [-0.1, -0.05) is 110 Å². The van der Waals surface area contributed by atoms with Crippen LogP contribution in [-0.2, 0) is 10.3 Å². The summed E-state index contributed by atoms with van der Waals surface area (Å²) >= 11 is 0. The van der Waals surface area contributed by atoms with Gasteiger partial charge in [0.15, 0.2) is 0 Å². The molecule has 1 unspecified atom stereocenters. The molecule has 1 atom stereocenters. The Kier molecular flexibility index (Phi) is 8.04. The van der Waals surface area contributed by atoms with E-state index in [-0.39, 0.29) is 0 Å². The fraction of sp³-hybridized carbons (Fsp3) is 0.310. The molecule has 0 saturated carbocycles. The normalized spacial score (nSPS) is 12.4. The van der Waals surface area contributed by atoms with Gasteiger partial charge in [0.05, 0.1) is 0 Å². The summed E-state index contributed by atoms with van der Waals surface area (Å²) in [6.07, 6.45) is 5.72. The van der Waals surface area contributed by atoms with Gasteiger partial charge in [-0.05, 0) is 55.7 Å². The lowest BCUT2D eigenvalue weighted by Crippen LogP contribution is -2.33. The van der Waals surface area contributed by atoms with Crippen molar-refractivity contribution in [1.82, 2.24) is 0 Å². The van der Waals surface area contributed by atoms with Crippen LogP contribution in [-0.4, -0.2) is 6.61 Å². The Morgan fingerprint density at radius 3 is 1.57 bits per heavy atom. The van der Waals surface area contributed by atoms with Crippen LogP contribution >= 0.6 is 0 Å². The fourth-order valence-electron chi connectivity index (χ4n) is 3.98. The molecule has 0 aliphatic rings. The molecule has 0 fully saturated rings. The van der Waals surface area contributed by atoms with Gasteiger partial charge in [-0.25, -0.2) is 0 Å². The smallest absolute Gasteiger partial charge is 0.143 e. The molecule has 0 saturated heterocycles. The van der Waals surface area contributed by atoms with Gasteiger partial charge in [-0.15, -0.1) is 0 Å². The number of ether oxygens (including phenoxy) is 1. The van der Waals surface area contributed by atoms with Crippen LogP contribution in [0, 0.1) is 5.92 Å². The van der Waals surface area contributed by atoms with Gasteiger partial charge in [-0.2, -0.15) is 0 Å². The molecule has 3 aromatic rings. The quantitative estimate of drug-likeness (QED) is 0.250. The third kappa shape index (κ3) is 5.49. The molecular formula is C29H34O. The minimum atomic E-state index is -0.608. The molecule has 3 rings (SSSR count). The lowest BCUT2D eigenvalue weighted by atomic mass is 9.80. The van der Waals surface area contributed by atoms with Crippen molar-refractivity contribution in [2.45, 2.75) is 45.6 Å². The molecule has 0 N–H and O–H groups in total. The van der Waals surface area contributed by atoms with Crippen LogP contribution < -0.4 is 0 Å². The minimum absolute atomic E-state index is 0.608. The lowest BCUT2D eigenvalue weighted by molar-refractivity contribution is 0.00612. The maximum absolute atomic E-state index is 6.87. The van der Waals surface area contributed by atoms with Crippen LogP contribution in [0.5, 0.6) is 0 Å². The Hall–Kier alpha value is -2.64. The van der Waals surface area contributed by atoms with Gasteiger partial charge in [0.2, 0.25) is 0 Å². The highest BCUT2D eigenvalue weighted by Crippen LogP contribution is 2.40. The molecule has 0 aromatic heterocycles. The zero-order valence-corrected chi connectivity index (χ0v) is 18.6. The van der Waals surface area contributed by atoms with Gasteiger partial charge < -0.3 is 4.74 Å². The van der Waals surface area contributed by atoms with Crippen LogP contribution in [0.2, 0.25) is 0 Å². The number of allylic oxidation sites excluding steroid dienone is 2. The van der Waals surface area contributed by atoms with Gasteiger partial charge in [-0.3, -0.25) is 0 Å². The molecule has 0 aliphatic carbocycles. The average Bonchev–Trinajstić information content (AvgIpc) is 2.78. The molecule has 1 heteroatoms. The van der Waals surface area contributed by atoms with Crippen molar-refractivity contribution < 1.29 is 4.74 Å². The van der Waals surface area contributed by atoms with E-state index in [1.165, 1.54) is 28.7 Å². The SMILES string of the molecule is CC(C)=CCCC(C)CCOC(c1ccccc1)(c1ccccc1)c1ccccc1. The summed E-state index contributed by atoms with van der Waals surface area (Å²) in [6, 6.07) is 31.9. The van der Waals surface area contributed by atoms with E-state index in [0.29, 0.717) is 12.5 Å². The van der Waals surface area contributed by atoms with Crippen molar-refractivity contribution in [2.75, 3.05) is 6.61 Å². The molecule has 0 aliphatic heterocycles. The first-order valence-electron chi connectivity index (χ1n) is 11.1. The van der Waals surface area contributed by atoms with E-state index in [2.05, 4.69) is 118 Å². The zero-order valence-electron chi connectivity index (χ0n) is 18.6. The van der Waals surface area contributed by atoms with Gasteiger partial charge in [0, 0.05) is 6.61 Å². The van der Waals surface area contributed by atoms with E-state index >= 15 is 0 Å².